The molecule has 5 nitrogen and oxygen atoms in total. The minimum Gasteiger partial charge on any atom is -0.507 e. The Morgan fingerprint density at radius 3 is 2.65 bits per heavy atom. The van der Waals surface area contributed by atoms with Crippen molar-refractivity contribution < 1.29 is 28.2 Å². The van der Waals surface area contributed by atoms with Crippen LogP contribution in [0.3, 0.4) is 0 Å². The number of anilines is 1. The quantitative estimate of drug-likeness (QED) is 0.849. The van der Waals surface area contributed by atoms with E-state index in [9.17, 15) is 23.5 Å². The van der Waals surface area contributed by atoms with E-state index in [1.165, 1.54) is 12.1 Å². The van der Waals surface area contributed by atoms with Crippen molar-refractivity contribution in [3.05, 3.63) is 59.2 Å². The van der Waals surface area contributed by atoms with Crippen molar-refractivity contribution in [2.24, 2.45) is 0 Å². The Morgan fingerprint density at radius 1 is 1.17 bits per heavy atom. The molecule has 0 aliphatic carbocycles. The van der Waals surface area contributed by atoms with E-state index in [0.717, 1.165) is 23.8 Å². The van der Waals surface area contributed by atoms with Gasteiger partial charge in [0.15, 0.2) is 6.61 Å². The Kier molecular flexibility index (Phi) is 4.90. The molecular formula is C16H13F2NO4. The molecule has 0 bridgehead atoms. The minimum absolute atomic E-state index is 0.0882. The minimum atomic E-state index is -0.902. The molecule has 2 aromatic carbocycles. The number of carbonyl (C=O) groups excluding carboxylic acids is 2. The number of aryl methyl sites for hydroxylation is 1. The summed E-state index contributed by atoms with van der Waals surface area (Å²) >= 11 is 0. The second kappa shape index (κ2) is 6.87. The van der Waals surface area contributed by atoms with Gasteiger partial charge in [0, 0.05) is 6.07 Å². The van der Waals surface area contributed by atoms with Crippen LogP contribution in [0, 0.1) is 18.6 Å². The highest BCUT2D eigenvalue weighted by molar-refractivity contribution is 5.96. The third kappa shape index (κ3) is 4.26. The topological polar surface area (TPSA) is 75.6 Å². The fourth-order valence-corrected chi connectivity index (χ4v) is 1.80. The highest BCUT2D eigenvalue weighted by Gasteiger charge is 2.15. The van der Waals surface area contributed by atoms with Crippen molar-refractivity contribution in [2.45, 2.75) is 6.92 Å². The van der Waals surface area contributed by atoms with E-state index in [4.69, 9.17) is 4.74 Å². The van der Waals surface area contributed by atoms with Gasteiger partial charge in [0.1, 0.15) is 22.9 Å². The van der Waals surface area contributed by atoms with Crippen LogP contribution in [0.25, 0.3) is 0 Å². The normalized spacial score (nSPS) is 10.2. The Labute approximate surface area is 130 Å². The largest absolute Gasteiger partial charge is 0.507 e. The summed E-state index contributed by atoms with van der Waals surface area (Å²) < 4.78 is 31.1. The highest BCUT2D eigenvalue weighted by Crippen LogP contribution is 2.19. The van der Waals surface area contributed by atoms with Gasteiger partial charge < -0.3 is 15.2 Å². The average molecular weight is 321 g/mol. The van der Waals surface area contributed by atoms with E-state index in [-0.39, 0.29) is 17.0 Å². The molecule has 2 N–H and O–H groups in total. The molecule has 0 aliphatic heterocycles. The summed E-state index contributed by atoms with van der Waals surface area (Å²) in [5.41, 5.74) is 0.278. The smallest absolute Gasteiger partial charge is 0.342 e. The number of halogens is 2. The lowest BCUT2D eigenvalue weighted by atomic mass is 10.1. The molecule has 0 heterocycles. The predicted octanol–water partition coefficient (Wildman–Crippen LogP) is 2.77. The van der Waals surface area contributed by atoms with Crippen molar-refractivity contribution in [3.63, 3.8) is 0 Å². The zero-order valence-electron chi connectivity index (χ0n) is 12.1. The van der Waals surface area contributed by atoms with Gasteiger partial charge in [-0.05, 0) is 31.2 Å². The van der Waals surface area contributed by atoms with E-state index in [0.29, 0.717) is 0 Å². The van der Waals surface area contributed by atoms with Crippen molar-refractivity contribution in [1.82, 2.24) is 0 Å². The summed E-state index contributed by atoms with van der Waals surface area (Å²) in [5, 5.41) is 11.7. The van der Waals surface area contributed by atoms with Crippen molar-refractivity contribution >= 4 is 17.6 Å². The van der Waals surface area contributed by atoms with Crippen LogP contribution >= 0.6 is 0 Å². The van der Waals surface area contributed by atoms with Gasteiger partial charge in [-0.3, -0.25) is 4.79 Å². The second-order valence-corrected chi connectivity index (χ2v) is 4.77. The first-order valence-electron chi connectivity index (χ1n) is 6.58. The molecule has 0 spiro atoms. The SMILES string of the molecule is Cc1ccc(O)c(C(=O)OCC(=O)Nc2cc(F)ccc2F)c1. The number of hydrogen-bond acceptors (Lipinski definition) is 4. The maximum atomic E-state index is 13.4. The molecule has 2 rings (SSSR count). The number of benzene rings is 2. The van der Waals surface area contributed by atoms with Crippen LogP contribution in [0.2, 0.25) is 0 Å². The summed E-state index contributed by atoms with van der Waals surface area (Å²) in [4.78, 5) is 23.4. The summed E-state index contributed by atoms with van der Waals surface area (Å²) in [5.74, 6) is -3.56. The number of nitrogens with one attached hydrogen (secondary N) is 1. The number of esters is 1. The fraction of sp³-hybridized carbons (Fsp3) is 0.125. The van der Waals surface area contributed by atoms with E-state index in [2.05, 4.69) is 5.32 Å². The second-order valence-electron chi connectivity index (χ2n) is 4.77. The molecule has 1 amide bonds. The lowest BCUT2D eigenvalue weighted by molar-refractivity contribution is -0.119. The maximum absolute atomic E-state index is 13.4. The average Bonchev–Trinajstić information content (AvgIpc) is 2.51. The van der Waals surface area contributed by atoms with Crippen molar-refractivity contribution in [1.29, 1.82) is 0 Å². The van der Waals surface area contributed by atoms with Crippen molar-refractivity contribution in [2.75, 3.05) is 11.9 Å². The number of ether oxygens (including phenoxy) is 1. The van der Waals surface area contributed by atoms with Crippen LogP contribution in [0.4, 0.5) is 14.5 Å². The molecule has 0 unspecified atom stereocenters. The Hall–Kier alpha value is -2.96. The van der Waals surface area contributed by atoms with Gasteiger partial charge in [-0.25, -0.2) is 13.6 Å². The summed E-state index contributed by atoms with van der Waals surface area (Å²) in [6, 6.07) is 6.91. The maximum Gasteiger partial charge on any atom is 0.342 e. The fourth-order valence-electron chi connectivity index (χ4n) is 1.80. The van der Waals surface area contributed by atoms with Gasteiger partial charge >= 0.3 is 5.97 Å². The van der Waals surface area contributed by atoms with Crippen LogP contribution in [-0.2, 0) is 9.53 Å². The first-order valence-corrected chi connectivity index (χ1v) is 6.58. The van der Waals surface area contributed by atoms with Crippen molar-refractivity contribution in [3.8, 4) is 5.75 Å². The number of phenolic OH excluding ortho intramolecular Hbond substituents is 1. The summed E-state index contributed by atoms with van der Waals surface area (Å²) in [6.45, 7) is 1.01. The number of hydrogen-bond donors (Lipinski definition) is 2. The lowest BCUT2D eigenvalue weighted by Gasteiger charge is -2.08. The van der Waals surface area contributed by atoms with Crippen LogP contribution in [0.15, 0.2) is 36.4 Å². The number of amides is 1. The molecule has 23 heavy (non-hydrogen) atoms. The molecule has 0 atom stereocenters. The third-order valence-corrected chi connectivity index (χ3v) is 2.91. The molecule has 0 fully saturated rings. The number of phenols is 1. The number of aromatic hydroxyl groups is 1. The van der Waals surface area contributed by atoms with Crippen LogP contribution in [-0.4, -0.2) is 23.6 Å². The standard InChI is InChI=1S/C16H13F2NO4/c1-9-2-5-14(20)11(6-9)16(22)23-8-15(21)19-13-7-10(17)3-4-12(13)18/h2-7,20H,8H2,1H3,(H,19,21). The van der Waals surface area contributed by atoms with Crippen LogP contribution in [0.5, 0.6) is 5.75 Å². The van der Waals surface area contributed by atoms with E-state index in [1.54, 1.807) is 13.0 Å². The van der Waals surface area contributed by atoms with Gasteiger partial charge in [-0.1, -0.05) is 11.6 Å². The predicted molar refractivity (Wildman–Crippen MR) is 78.1 cm³/mol. The Balaban J connectivity index is 1.97. The molecule has 2 aromatic rings. The van der Waals surface area contributed by atoms with Crippen LogP contribution < -0.4 is 5.32 Å². The van der Waals surface area contributed by atoms with Gasteiger partial charge in [-0.2, -0.15) is 0 Å². The number of rotatable bonds is 4. The Morgan fingerprint density at radius 2 is 1.91 bits per heavy atom. The molecule has 0 aliphatic rings. The Bertz CT molecular complexity index is 762. The first kappa shape index (κ1) is 16.4. The van der Waals surface area contributed by atoms with E-state index in [1.807, 2.05) is 0 Å². The molecular weight excluding hydrogens is 308 g/mol. The summed E-state index contributed by atoms with van der Waals surface area (Å²) in [7, 11) is 0. The lowest BCUT2D eigenvalue weighted by Crippen LogP contribution is -2.21. The van der Waals surface area contributed by atoms with E-state index >= 15 is 0 Å². The van der Waals surface area contributed by atoms with E-state index < -0.39 is 30.1 Å². The molecule has 0 saturated carbocycles. The first-order chi connectivity index (χ1) is 10.9. The van der Waals surface area contributed by atoms with Crippen LogP contribution in [0.1, 0.15) is 15.9 Å². The molecule has 0 aromatic heterocycles. The van der Waals surface area contributed by atoms with Gasteiger partial charge in [0.05, 0.1) is 5.69 Å². The molecule has 0 radical (unpaired) electrons. The highest BCUT2D eigenvalue weighted by atomic mass is 19.1. The number of carbonyl (C=O) groups is 2. The molecule has 120 valence electrons. The third-order valence-electron chi connectivity index (χ3n) is 2.91. The van der Waals surface area contributed by atoms with Gasteiger partial charge in [0.25, 0.3) is 5.91 Å². The summed E-state index contributed by atoms with van der Waals surface area (Å²) in [6.07, 6.45) is 0. The molecule has 0 saturated heterocycles. The zero-order chi connectivity index (χ0) is 17.0. The van der Waals surface area contributed by atoms with Gasteiger partial charge in [-0.15, -0.1) is 0 Å². The zero-order valence-corrected chi connectivity index (χ0v) is 12.1. The monoisotopic (exact) mass is 321 g/mol. The molecule has 7 heteroatoms. The van der Waals surface area contributed by atoms with Gasteiger partial charge in [0.2, 0.25) is 0 Å².